The Balaban J connectivity index is 2.76. The Morgan fingerprint density at radius 3 is 2.43 bits per heavy atom. The van der Waals surface area contributed by atoms with Crippen molar-refractivity contribution in [3.8, 4) is 11.5 Å². The van der Waals surface area contributed by atoms with E-state index >= 15 is 0 Å². The molecule has 0 amide bonds. The Hall–Kier alpha value is -3.01. The Labute approximate surface area is 135 Å². The fourth-order valence-corrected chi connectivity index (χ4v) is 2.32. The number of hydrogen-bond acceptors (Lipinski definition) is 4. The van der Waals surface area contributed by atoms with E-state index in [0.717, 1.165) is 11.1 Å². The second-order valence-corrected chi connectivity index (χ2v) is 4.74. The van der Waals surface area contributed by atoms with E-state index in [0.29, 0.717) is 11.3 Å². The third-order valence-electron chi connectivity index (χ3n) is 3.38. The zero-order chi connectivity index (χ0) is 16.8. The lowest BCUT2D eigenvalue weighted by molar-refractivity contribution is 0.0597. The van der Waals surface area contributed by atoms with Gasteiger partial charge in [-0.25, -0.2) is 4.79 Å². The van der Waals surface area contributed by atoms with Crippen LogP contribution >= 0.6 is 0 Å². The van der Waals surface area contributed by atoms with Gasteiger partial charge in [-0.2, -0.15) is 0 Å². The van der Waals surface area contributed by atoms with Crippen LogP contribution in [0.2, 0.25) is 0 Å². The lowest BCUT2D eigenvalue weighted by Gasteiger charge is -2.15. The first-order valence-electron chi connectivity index (χ1n) is 7.00. The standard InChI is InChI=1S/C19H18O4/c1-4-8-15(13-9-6-5-7-10-13)16-11-14(22-2)12-17(20)18(16)19(21)23-3/h4-12,20H,1H2,2-3H3. The first-order valence-corrected chi connectivity index (χ1v) is 7.00. The molecule has 0 heterocycles. The summed E-state index contributed by atoms with van der Waals surface area (Å²) in [6.45, 7) is 3.72. The molecule has 0 aliphatic rings. The van der Waals surface area contributed by atoms with Crippen LogP contribution in [0.25, 0.3) is 5.57 Å². The van der Waals surface area contributed by atoms with Crippen molar-refractivity contribution in [2.24, 2.45) is 0 Å². The Morgan fingerprint density at radius 2 is 1.87 bits per heavy atom. The molecular formula is C19H18O4. The molecule has 4 nitrogen and oxygen atoms in total. The Bertz CT molecular complexity index is 745. The van der Waals surface area contributed by atoms with Gasteiger partial charge in [0.1, 0.15) is 17.1 Å². The van der Waals surface area contributed by atoms with Gasteiger partial charge in [-0.3, -0.25) is 0 Å². The fraction of sp³-hybridized carbons (Fsp3) is 0.105. The van der Waals surface area contributed by atoms with E-state index in [1.54, 1.807) is 18.2 Å². The van der Waals surface area contributed by atoms with Crippen molar-refractivity contribution in [3.05, 3.63) is 77.9 Å². The summed E-state index contributed by atoms with van der Waals surface area (Å²) in [6, 6.07) is 12.6. The van der Waals surface area contributed by atoms with Crippen LogP contribution in [0, 0.1) is 0 Å². The number of hydrogen-bond donors (Lipinski definition) is 1. The summed E-state index contributed by atoms with van der Waals surface area (Å²) in [7, 11) is 2.77. The average Bonchev–Trinajstić information content (AvgIpc) is 2.59. The number of allylic oxidation sites excluding steroid dienone is 2. The summed E-state index contributed by atoms with van der Waals surface area (Å²) < 4.78 is 10.0. The molecule has 0 aromatic heterocycles. The van der Waals surface area contributed by atoms with Crippen molar-refractivity contribution < 1.29 is 19.4 Å². The van der Waals surface area contributed by atoms with E-state index in [1.807, 2.05) is 30.3 Å². The molecule has 4 heteroatoms. The summed E-state index contributed by atoms with van der Waals surface area (Å²) in [5.74, 6) is -0.376. The van der Waals surface area contributed by atoms with Gasteiger partial charge in [0.2, 0.25) is 0 Å². The number of ether oxygens (including phenoxy) is 2. The van der Waals surface area contributed by atoms with Gasteiger partial charge in [-0.05, 0) is 17.2 Å². The molecule has 0 spiro atoms. The van der Waals surface area contributed by atoms with Gasteiger partial charge in [-0.15, -0.1) is 0 Å². The minimum Gasteiger partial charge on any atom is -0.507 e. The van der Waals surface area contributed by atoms with Crippen LogP contribution in [0.1, 0.15) is 21.5 Å². The summed E-state index contributed by atoms with van der Waals surface area (Å²) >= 11 is 0. The molecule has 2 aromatic rings. The van der Waals surface area contributed by atoms with E-state index in [2.05, 4.69) is 6.58 Å². The van der Waals surface area contributed by atoms with Gasteiger partial charge in [0.25, 0.3) is 0 Å². The third-order valence-corrected chi connectivity index (χ3v) is 3.38. The molecule has 0 unspecified atom stereocenters. The molecule has 0 atom stereocenters. The van der Waals surface area contributed by atoms with Gasteiger partial charge in [-0.1, -0.05) is 49.1 Å². The molecule has 1 N–H and O–H groups in total. The number of phenolic OH excluding ortho intramolecular Hbond substituents is 1. The maximum Gasteiger partial charge on any atom is 0.342 e. The van der Waals surface area contributed by atoms with Gasteiger partial charge < -0.3 is 14.6 Å². The topological polar surface area (TPSA) is 55.8 Å². The number of benzene rings is 2. The summed E-state index contributed by atoms with van der Waals surface area (Å²) in [6.07, 6.45) is 3.40. The van der Waals surface area contributed by atoms with Gasteiger partial charge in [0, 0.05) is 11.6 Å². The first kappa shape index (κ1) is 16.4. The molecule has 23 heavy (non-hydrogen) atoms. The number of carbonyl (C=O) groups excluding carboxylic acids is 1. The van der Waals surface area contributed by atoms with E-state index in [-0.39, 0.29) is 11.3 Å². The van der Waals surface area contributed by atoms with E-state index in [9.17, 15) is 9.90 Å². The monoisotopic (exact) mass is 310 g/mol. The minimum atomic E-state index is -0.619. The number of phenols is 1. The van der Waals surface area contributed by atoms with Gasteiger partial charge >= 0.3 is 5.97 Å². The number of aromatic hydroxyl groups is 1. The Kier molecular flexibility index (Phi) is 5.20. The number of rotatable bonds is 5. The van der Waals surface area contributed by atoms with Crippen molar-refractivity contribution in [1.29, 1.82) is 0 Å². The molecule has 0 saturated carbocycles. The van der Waals surface area contributed by atoms with Crippen LogP contribution in [-0.4, -0.2) is 25.3 Å². The number of carbonyl (C=O) groups is 1. The van der Waals surface area contributed by atoms with Crippen molar-refractivity contribution in [1.82, 2.24) is 0 Å². The third kappa shape index (κ3) is 3.43. The molecule has 2 rings (SSSR count). The molecule has 0 saturated heterocycles. The lowest BCUT2D eigenvalue weighted by atomic mass is 9.92. The molecule has 0 aliphatic carbocycles. The van der Waals surface area contributed by atoms with Crippen molar-refractivity contribution >= 4 is 11.5 Å². The molecule has 0 aliphatic heterocycles. The van der Waals surface area contributed by atoms with E-state index < -0.39 is 5.97 Å². The van der Waals surface area contributed by atoms with Gasteiger partial charge in [0.05, 0.1) is 14.2 Å². The molecule has 0 bridgehead atoms. The van der Waals surface area contributed by atoms with Crippen molar-refractivity contribution in [3.63, 3.8) is 0 Å². The first-order chi connectivity index (χ1) is 11.1. The normalized spacial score (nSPS) is 11.0. The molecule has 0 fully saturated rings. The average molecular weight is 310 g/mol. The second-order valence-electron chi connectivity index (χ2n) is 4.74. The molecular weight excluding hydrogens is 292 g/mol. The van der Waals surface area contributed by atoms with Crippen molar-refractivity contribution in [2.45, 2.75) is 0 Å². The molecule has 2 aromatic carbocycles. The predicted molar refractivity (Wildman–Crippen MR) is 89.7 cm³/mol. The Morgan fingerprint density at radius 1 is 1.17 bits per heavy atom. The van der Waals surface area contributed by atoms with Gasteiger partial charge in [0.15, 0.2) is 0 Å². The summed E-state index contributed by atoms with van der Waals surface area (Å²) in [5.41, 5.74) is 2.21. The highest BCUT2D eigenvalue weighted by Gasteiger charge is 2.21. The highest BCUT2D eigenvalue weighted by molar-refractivity contribution is 6.01. The maximum absolute atomic E-state index is 12.1. The lowest BCUT2D eigenvalue weighted by Crippen LogP contribution is -2.07. The smallest absolute Gasteiger partial charge is 0.342 e. The largest absolute Gasteiger partial charge is 0.507 e. The molecule has 118 valence electrons. The quantitative estimate of drug-likeness (QED) is 0.674. The highest BCUT2D eigenvalue weighted by atomic mass is 16.5. The minimum absolute atomic E-state index is 0.0882. The summed E-state index contributed by atoms with van der Waals surface area (Å²) in [5, 5.41) is 10.2. The van der Waals surface area contributed by atoms with Crippen LogP contribution in [0.3, 0.4) is 0 Å². The van der Waals surface area contributed by atoms with Crippen molar-refractivity contribution in [2.75, 3.05) is 14.2 Å². The molecule has 0 radical (unpaired) electrons. The van der Waals surface area contributed by atoms with Crippen LogP contribution in [-0.2, 0) is 4.74 Å². The second kappa shape index (κ2) is 7.31. The van der Waals surface area contributed by atoms with Crippen LogP contribution in [0.15, 0.2) is 61.2 Å². The maximum atomic E-state index is 12.1. The number of methoxy groups -OCH3 is 2. The zero-order valence-electron chi connectivity index (χ0n) is 13.1. The van der Waals surface area contributed by atoms with Crippen LogP contribution < -0.4 is 4.74 Å². The van der Waals surface area contributed by atoms with E-state index in [1.165, 1.54) is 20.3 Å². The SMILES string of the molecule is C=CC=C(c1ccccc1)c1cc(OC)cc(O)c1C(=O)OC. The zero-order valence-corrected chi connectivity index (χ0v) is 13.1. The predicted octanol–water partition coefficient (Wildman–Crippen LogP) is 3.81. The summed E-state index contributed by atoms with van der Waals surface area (Å²) in [4.78, 5) is 12.1. The van der Waals surface area contributed by atoms with Crippen LogP contribution in [0.4, 0.5) is 0 Å². The fourth-order valence-electron chi connectivity index (χ4n) is 2.32. The highest BCUT2D eigenvalue weighted by Crippen LogP contribution is 2.35. The number of esters is 1. The van der Waals surface area contributed by atoms with Crippen LogP contribution in [0.5, 0.6) is 11.5 Å². The van der Waals surface area contributed by atoms with E-state index in [4.69, 9.17) is 9.47 Å².